The van der Waals surface area contributed by atoms with E-state index in [4.69, 9.17) is 0 Å². The van der Waals surface area contributed by atoms with E-state index in [0.29, 0.717) is 10.7 Å². The molecule has 4 heteroatoms. The van der Waals surface area contributed by atoms with Crippen LogP contribution in [0.15, 0.2) is 4.73 Å². The lowest BCUT2D eigenvalue weighted by atomic mass is 10.1. The van der Waals surface area contributed by atoms with Crippen LogP contribution in [0.2, 0.25) is 0 Å². The van der Waals surface area contributed by atoms with Crippen molar-refractivity contribution in [1.82, 2.24) is 14.8 Å². The molecule has 0 aliphatic carbocycles. The smallest absolute Gasteiger partial charge is 0.217 e. The van der Waals surface area contributed by atoms with Crippen molar-refractivity contribution in [2.45, 2.75) is 25.8 Å². The third kappa shape index (κ3) is 0.785. The quantitative estimate of drug-likeness (QED) is 0.638. The van der Waals surface area contributed by atoms with E-state index >= 15 is 0 Å². The molecule has 0 bridgehead atoms. The summed E-state index contributed by atoms with van der Waals surface area (Å²) in [4.78, 5) is 4.24. The Bertz CT molecular complexity index is 255. The first-order chi connectivity index (χ1) is 4.77. The van der Waals surface area contributed by atoms with Gasteiger partial charge in [-0.25, -0.2) is 9.67 Å². The number of rotatable bonds is 0. The Morgan fingerprint density at radius 2 is 2.50 bits per heavy atom. The fourth-order valence-electron chi connectivity index (χ4n) is 1.30. The average Bonchev–Trinajstić information content (AvgIpc) is 2.35. The van der Waals surface area contributed by atoms with Gasteiger partial charge in [-0.1, -0.05) is 6.92 Å². The van der Waals surface area contributed by atoms with E-state index in [1.54, 1.807) is 0 Å². The van der Waals surface area contributed by atoms with Crippen molar-refractivity contribution in [1.29, 1.82) is 0 Å². The van der Waals surface area contributed by atoms with E-state index in [-0.39, 0.29) is 0 Å². The fraction of sp³-hybridized carbons (Fsp3) is 0.667. The summed E-state index contributed by atoms with van der Waals surface area (Å²) in [6.07, 6.45) is 1.18. The molecule has 0 spiro atoms. The summed E-state index contributed by atoms with van der Waals surface area (Å²) in [6.45, 7) is 3.20. The maximum Gasteiger partial charge on any atom is 0.217 e. The highest BCUT2D eigenvalue weighted by Gasteiger charge is 2.21. The van der Waals surface area contributed by atoms with Gasteiger partial charge in [0.05, 0.1) is 0 Å². The van der Waals surface area contributed by atoms with Crippen LogP contribution in [0.5, 0.6) is 0 Å². The molecule has 0 unspecified atom stereocenters. The summed E-state index contributed by atoms with van der Waals surface area (Å²) in [5.74, 6) is 1.70. The van der Waals surface area contributed by atoms with E-state index in [1.807, 2.05) is 4.68 Å². The van der Waals surface area contributed by atoms with Crippen molar-refractivity contribution in [3.8, 4) is 0 Å². The molecular formula is C6H8BrN3. The summed E-state index contributed by atoms with van der Waals surface area (Å²) in [7, 11) is 0. The molecule has 1 aliphatic heterocycles. The van der Waals surface area contributed by atoms with Gasteiger partial charge in [0.25, 0.3) is 0 Å². The Hall–Kier alpha value is -0.380. The molecular weight excluding hydrogens is 194 g/mol. The molecule has 1 aromatic heterocycles. The molecule has 0 radical (unpaired) electrons. The highest BCUT2D eigenvalue weighted by Crippen LogP contribution is 2.25. The van der Waals surface area contributed by atoms with Crippen molar-refractivity contribution in [3.05, 3.63) is 10.6 Å². The van der Waals surface area contributed by atoms with Crippen LogP contribution < -0.4 is 0 Å². The molecule has 3 nitrogen and oxygen atoms in total. The normalized spacial score (nSPS) is 23.2. The van der Waals surface area contributed by atoms with Gasteiger partial charge < -0.3 is 0 Å². The maximum atomic E-state index is 4.24. The first-order valence-electron chi connectivity index (χ1n) is 3.37. The van der Waals surface area contributed by atoms with Crippen LogP contribution in [0.1, 0.15) is 25.1 Å². The van der Waals surface area contributed by atoms with Gasteiger partial charge in [0.2, 0.25) is 4.73 Å². The molecule has 1 aliphatic rings. The Kier molecular flexibility index (Phi) is 1.30. The van der Waals surface area contributed by atoms with Crippen molar-refractivity contribution in [2.75, 3.05) is 0 Å². The number of nitrogens with zero attached hydrogens (tertiary/aromatic N) is 3. The predicted molar refractivity (Wildman–Crippen MR) is 40.8 cm³/mol. The molecule has 2 heterocycles. The Morgan fingerprint density at radius 3 is 3.20 bits per heavy atom. The second-order valence-electron chi connectivity index (χ2n) is 2.65. The predicted octanol–water partition coefficient (Wildman–Crippen LogP) is 1.55. The largest absolute Gasteiger partial charge is 0.249 e. The highest BCUT2D eigenvalue weighted by atomic mass is 79.9. The van der Waals surface area contributed by atoms with Gasteiger partial charge >= 0.3 is 0 Å². The van der Waals surface area contributed by atoms with Crippen molar-refractivity contribution < 1.29 is 0 Å². The number of aromatic nitrogens is 3. The van der Waals surface area contributed by atoms with Crippen LogP contribution in [-0.4, -0.2) is 14.8 Å². The molecule has 2 rings (SSSR count). The fourth-order valence-corrected chi connectivity index (χ4v) is 1.67. The number of fused-ring (bicyclic) bond motifs is 1. The van der Waals surface area contributed by atoms with Gasteiger partial charge in [-0.2, -0.15) is 0 Å². The SMILES string of the molecule is C[C@@H]1CCn2nc(Br)nc21. The van der Waals surface area contributed by atoms with Gasteiger partial charge in [0.15, 0.2) is 0 Å². The minimum absolute atomic E-state index is 0.582. The zero-order valence-electron chi connectivity index (χ0n) is 5.71. The minimum Gasteiger partial charge on any atom is -0.249 e. The summed E-state index contributed by atoms with van der Waals surface area (Å²) >= 11 is 3.24. The van der Waals surface area contributed by atoms with Crippen molar-refractivity contribution in [2.24, 2.45) is 0 Å². The highest BCUT2D eigenvalue weighted by molar-refractivity contribution is 9.10. The van der Waals surface area contributed by atoms with Gasteiger partial charge in [0, 0.05) is 12.5 Å². The third-order valence-electron chi connectivity index (χ3n) is 1.89. The van der Waals surface area contributed by atoms with Crippen LogP contribution in [0, 0.1) is 0 Å². The van der Waals surface area contributed by atoms with E-state index in [0.717, 1.165) is 12.4 Å². The lowest BCUT2D eigenvalue weighted by Gasteiger charge is -1.93. The van der Waals surface area contributed by atoms with E-state index in [9.17, 15) is 0 Å². The Balaban J connectivity index is 2.49. The second kappa shape index (κ2) is 2.05. The standard InChI is InChI=1S/C6H8BrN3/c1-4-2-3-10-5(4)8-6(7)9-10/h4H,2-3H2,1H3/t4-/m1/s1. The molecule has 10 heavy (non-hydrogen) atoms. The first kappa shape index (κ1) is 6.34. The van der Waals surface area contributed by atoms with Crippen LogP contribution in [0.25, 0.3) is 0 Å². The van der Waals surface area contributed by atoms with Crippen LogP contribution in [-0.2, 0) is 6.54 Å². The molecule has 0 saturated carbocycles. The summed E-state index contributed by atoms with van der Waals surface area (Å²) in [6, 6.07) is 0. The molecule has 0 N–H and O–H groups in total. The molecule has 1 aromatic rings. The first-order valence-corrected chi connectivity index (χ1v) is 4.17. The zero-order chi connectivity index (χ0) is 7.14. The summed E-state index contributed by atoms with van der Waals surface area (Å²) in [5, 5.41) is 4.16. The van der Waals surface area contributed by atoms with Crippen LogP contribution in [0.3, 0.4) is 0 Å². The van der Waals surface area contributed by atoms with Gasteiger partial charge in [0.1, 0.15) is 5.82 Å². The lowest BCUT2D eigenvalue weighted by molar-refractivity contribution is 0.638. The van der Waals surface area contributed by atoms with E-state index in [1.165, 1.54) is 6.42 Å². The number of halogens is 1. The van der Waals surface area contributed by atoms with Crippen molar-refractivity contribution in [3.63, 3.8) is 0 Å². The topological polar surface area (TPSA) is 30.7 Å². The summed E-state index contributed by atoms with van der Waals surface area (Å²) in [5.41, 5.74) is 0. The maximum absolute atomic E-state index is 4.24. The van der Waals surface area contributed by atoms with Gasteiger partial charge in [-0.15, -0.1) is 5.10 Å². The van der Waals surface area contributed by atoms with Crippen molar-refractivity contribution >= 4 is 15.9 Å². The molecule has 0 aromatic carbocycles. The molecule has 54 valence electrons. The van der Waals surface area contributed by atoms with E-state index in [2.05, 4.69) is 32.9 Å². The summed E-state index contributed by atoms with van der Waals surface area (Å²) < 4.78 is 2.68. The Labute approximate surface area is 67.6 Å². The lowest BCUT2D eigenvalue weighted by Crippen LogP contribution is -1.93. The molecule has 0 amide bonds. The molecule has 0 fully saturated rings. The van der Waals surface area contributed by atoms with Crippen LogP contribution >= 0.6 is 15.9 Å². The molecule has 0 saturated heterocycles. The van der Waals surface area contributed by atoms with Gasteiger partial charge in [-0.3, -0.25) is 0 Å². The monoisotopic (exact) mass is 201 g/mol. The van der Waals surface area contributed by atoms with Gasteiger partial charge in [-0.05, 0) is 22.4 Å². The number of aryl methyl sites for hydroxylation is 1. The molecule has 1 atom stereocenters. The van der Waals surface area contributed by atoms with E-state index < -0.39 is 0 Å². The Morgan fingerprint density at radius 1 is 1.70 bits per heavy atom. The zero-order valence-corrected chi connectivity index (χ0v) is 7.30. The van der Waals surface area contributed by atoms with Crippen LogP contribution in [0.4, 0.5) is 0 Å². The second-order valence-corrected chi connectivity index (χ2v) is 3.36. The number of hydrogen-bond acceptors (Lipinski definition) is 2. The number of hydrogen-bond donors (Lipinski definition) is 0. The average molecular weight is 202 g/mol. The minimum atomic E-state index is 0.582. The third-order valence-corrected chi connectivity index (χ3v) is 2.23.